The second kappa shape index (κ2) is 9.65. The highest BCUT2D eigenvalue weighted by molar-refractivity contribution is 5.79. The van der Waals surface area contributed by atoms with Gasteiger partial charge < -0.3 is 20.3 Å². The van der Waals surface area contributed by atoms with Crippen LogP contribution in [0.2, 0.25) is 0 Å². The van der Waals surface area contributed by atoms with Gasteiger partial charge in [0.2, 0.25) is 0 Å². The molecule has 0 bridgehead atoms. The van der Waals surface area contributed by atoms with Crippen LogP contribution in [0.5, 0.6) is 5.75 Å². The Morgan fingerprint density at radius 2 is 2.00 bits per heavy atom. The van der Waals surface area contributed by atoms with E-state index in [0.29, 0.717) is 6.54 Å². The third-order valence-corrected chi connectivity index (χ3v) is 4.07. The monoisotopic (exact) mass is 355 g/mol. The molecule has 2 N–H and O–H groups in total. The molecule has 0 atom stereocenters. The minimum Gasteiger partial charge on any atom is -0.496 e. The average Bonchev–Trinajstić information content (AvgIpc) is 2.65. The number of ether oxygens (including phenoxy) is 1. The molecule has 1 aromatic carbocycles. The summed E-state index contributed by atoms with van der Waals surface area (Å²) in [4.78, 5) is 10.6. The number of guanidine groups is 1. The fraction of sp³-hybridized carbons (Fsp3) is 0.400. The van der Waals surface area contributed by atoms with E-state index in [4.69, 9.17) is 4.74 Å². The van der Waals surface area contributed by atoms with Crippen molar-refractivity contribution in [3.8, 4) is 5.75 Å². The van der Waals surface area contributed by atoms with Gasteiger partial charge in [-0.3, -0.25) is 4.99 Å². The van der Waals surface area contributed by atoms with E-state index in [1.807, 2.05) is 37.3 Å². The number of rotatable bonds is 7. The molecule has 0 aliphatic heterocycles. The molecule has 2 aromatic rings. The van der Waals surface area contributed by atoms with Gasteiger partial charge in [0.05, 0.1) is 7.11 Å². The Kier molecular flexibility index (Phi) is 7.26. The van der Waals surface area contributed by atoms with Crippen molar-refractivity contribution in [2.75, 3.05) is 39.7 Å². The standard InChI is InChI=1S/C20H29N5O/c1-15-6-7-18(26-5)17(12-15)9-11-23-20(21-2)24-14-16-8-10-22-19(13-16)25(3)4/h6-8,10,12-13H,9,11,14H2,1-5H3,(H2,21,23,24). The fourth-order valence-corrected chi connectivity index (χ4v) is 2.64. The van der Waals surface area contributed by atoms with Gasteiger partial charge in [-0.25, -0.2) is 4.98 Å². The molecule has 1 aromatic heterocycles. The predicted octanol–water partition coefficient (Wildman–Crippen LogP) is 2.37. The lowest BCUT2D eigenvalue weighted by Crippen LogP contribution is -2.37. The number of hydrogen-bond donors (Lipinski definition) is 2. The molecule has 6 heteroatoms. The molecule has 0 saturated heterocycles. The lowest BCUT2D eigenvalue weighted by atomic mass is 10.1. The van der Waals surface area contributed by atoms with Crippen molar-refractivity contribution in [2.24, 2.45) is 4.99 Å². The number of nitrogens with one attached hydrogen (secondary N) is 2. The van der Waals surface area contributed by atoms with Crippen molar-refractivity contribution in [3.63, 3.8) is 0 Å². The Labute approximate surface area is 156 Å². The normalized spacial score (nSPS) is 11.2. The van der Waals surface area contributed by atoms with Crippen molar-refractivity contribution in [3.05, 3.63) is 53.2 Å². The van der Waals surface area contributed by atoms with Crippen LogP contribution in [0.25, 0.3) is 0 Å². The van der Waals surface area contributed by atoms with Crippen LogP contribution in [0.15, 0.2) is 41.5 Å². The van der Waals surface area contributed by atoms with Crippen LogP contribution < -0.4 is 20.3 Å². The number of anilines is 1. The fourth-order valence-electron chi connectivity index (χ4n) is 2.64. The first-order chi connectivity index (χ1) is 12.5. The van der Waals surface area contributed by atoms with Crippen LogP contribution in [-0.2, 0) is 13.0 Å². The molecular weight excluding hydrogens is 326 g/mol. The van der Waals surface area contributed by atoms with Gasteiger partial charge in [0, 0.05) is 40.4 Å². The highest BCUT2D eigenvalue weighted by atomic mass is 16.5. The molecular formula is C20H29N5O. The molecule has 0 saturated carbocycles. The van der Waals surface area contributed by atoms with Crippen molar-refractivity contribution < 1.29 is 4.74 Å². The maximum atomic E-state index is 5.44. The van der Waals surface area contributed by atoms with Crippen LogP contribution in [0, 0.1) is 6.92 Å². The van der Waals surface area contributed by atoms with E-state index in [9.17, 15) is 0 Å². The van der Waals surface area contributed by atoms with E-state index in [2.05, 4.69) is 45.7 Å². The number of aliphatic imine (C=N–C) groups is 1. The molecule has 6 nitrogen and oxygen atoms in total. The second-order valence-electron chi connectivity index (χ2n) is 6.33. The number of aryl methyl sites for hydroxylation is 1. The first kappa shape index (κ1) is 19.6. The van der Waals surface area contributed by atoms with E-state index in [-0.39, 0.29) is 0 Å². The molecule has 0 radical (unpaired) electrons. The van der Waals surface area contributed by atoms with Crippen LogP contribution in [0.3, 0.4) is 0 Å². The van der Waals surface area contributed by atoms with Crippen LogP contribution in [-0.4, -0.2) is 45.7 Å². The van der Waals surface area contributed by atoms with Gasteiger partial charge in [-0.15, -0.1) is 0 Å². The zero-order valence-electron chi connectivity index (χ0n) is 16.3. The number of pyridine rings is 1. The van der Waals surface area contributed by atoms with Crippen molar-refractivity contribution in [2.45, 2.75) is 19.9 Å². The highest BCUT2D eigenvalue weighted by Crippen LogP contribution is 2.19. The van der Waals surface area contributed by atoms with Crippen molar-refractivity contribution in [1.29, 1.82) is 0 Å². The van der Waals surface area contributed by atoms with Gasteiger partial charge in [-0.2, -0.15) is 0 Å². The van der Waals surface area contributed by atoms with E-state index in [1.165, 1.54) is 11.1 Å². The molecule has 0 aliphatic rings. The molecule has 0 aliphatic carbocycles. The third kappa shape index (κ3) is 5.65. The van der Waals surface area contributed by atoms with E-state index in [1.54, 1.807) is 14.2 Å². The number of hydrogen-bond acceptors (Lipinski definition) is 4. The summed E-state index contributed by atoms with van der Waals surface area (Å²) in [5, 5.41) is 6.69. The van der Waals surface area contributed by atoms with E-state index >= 15 is 0 Å². The Hall–Kier alpha value is -2.76. The Morgan fingerprint density at radius 1 is 1.19 bits per heavy atom. The van der Waals surface area contributed by atoms with Gasteiger partial charge in [-0.05, 0) is 42.7 Å². The van der Waals surface area contributed by atoms with Gasteiger partial charge >= 0.3 is 0 Å². The maximum absolute atomic E-state index is 5.44. The summed E-state index contributed by atoms with van der Waals surface area (Å²) in [5.74, 6) is 2.65. The summed E-state index contributed by atoms with van der Waals surface area (Å²) in [5.41, 5.74) is 3.59. The molecule has 0 fully saturated rings. The summed E-state index contributed by atoms with van der Waals surface area (Å²) in [7, 11) is 7.46. The van der Waals surface area contributed by atoms with E-state index in [0.717, 1.165) is 36.1 Å². The van der Waals surface area contributed by atoms with Crippen LogP contribution in [0.4, 0.5) is 5.82 Å². The zero-order valence-corrected chi connectivity index (χ0v) is 16.3. The van der Waals surface area contributed by atoms with E-state index < -0.39 is 0 Å². The predicted molar refractivity (Wildman–Crippen MR) is 108 cm³/mol. The van der Waals surface area contributed by atoms with Crippen molar-refractivity contribution in [1.82, 2.24) is 15.6 Å². The molecule has 0 amide bonds. The molecule has 2 rings (SSSR count). The molecule has 1 heterocycles. The second-order valence-corrected chi connectivity index (χ2v) is 6.33. The lowest BCUT2D eigenvalue weighted by Gasteiger charge is -2.15. The summed E-state index contributed by atoms with van der Waals surface area (Å²) in [6, 6.07) is 10.3. The summed E-state index contributed by atoms with van der Waals surface area (Å²) >= 11 is 0. The van der Waals surface area contributed by atoms with Crippen LogP contribution >= 0.6 is 0 Å². The first-order valence-electron chi connectivity index (χ1n) is 8.73. The minimum absolute atomic E-state index is 0.691. The quantitative estimate of drug-likeness (QED) is 0.590. The van der Waals surface area contributed by atoms with Gasteiger partial charge in [0.15, 0.2) is 5.96 Å². The zero-order chi connectivity index (χ0) is 18.9. The minimum atomic E-state index is 0.691. The summed E-state index contributed by atoms with van der Waals surface area (Å²) in [6.45, 7) is 3.56. The smallest absolute Gasteiger partial charge is 0.191 e. The third-order valence-electron chi connectivity index (χ3n) is 4.07. The maximum Gasteiger partial charge on any atom is 0.191 e. The first-order valence-corrected chi connectivity index (χ1v) is 8.73. The number of aromatic nitrogens is 1. The molecule has 26 heavy (non-hydrogen) atoms. The Morgan fingerprint density at radius 3 is 2.69 bits per heavy atom. The molecule has 140 valence electrons. The lowest BCUT2D eigenvalue weighted by molar-refractivity contribution is 0.409. The van der Waals surface area contributed by atoms with Gasteiger partial charge in [0.1, 0.15) is 11.6 Å². The molecule has 0 unspecified atom stereocenters. The van der Waals surface area contributed by atoms with Gasteiger partial charge in [0.25, 0.3) is 0 Å². The highest BCUT2D eigenvalue weighted by Gasteiger charge is 2.05. The summed E-state index contributed by atoms with van der Waals surface area (Å²) < 4.78 is 5.44. The summed E-state index contributed by atoms with van der Waals surface area (Å²) in [6.07, 6.45) is 2.69. The number of benzene rings is 1. The topological polar surface area (TPSA) is 61.8 Å². The largest absolute Gasteiger partial charge is 0.496 e. The SMILES string of the molecule is CN=C(NCCc1cc(C)ccc1OC)NCc1ccnc(N(C)C)c1. The van der Waals surface area contributed by atoms with Crippen molar-refractivity contribution >= 4 is 11.8 Å². The Bertz CT molecular complexity index is 743. The van der Waals surface area contributed by atoms with Crippen LogP contribution in [0.1, 0.15) is 16.7 Å². The number of nitrogens with zero attached hydrogens (tertiary/aromatic N) is 3. The number of methoxy groups -OCH3 is 1. The Balaban J connectivity index is 1.87. The average molecular weight is 355 g/mol. The van der Waals surface area contributed by atoms with Gasteiger partial charge in [-0.1, -0.05) is 17.7 Å². The molecule has 0 spiro atoms.